The number of rotatable bonds is 4. The molecule has 1 unspecified atom stereocenters. The Labute approximate surface area is 98.0 Å². The van der Waals surface area contributed by atoms with Crippen molar-refractivity contribution in [3.05, 3.63) is 34.9 Å². The number of hydrogen-bond donors (Lipinski definition) is 1. The third kappa shape index (κ3) is 3.06. The molecule has 16 heavy (non-hydrogen) atoms. The summed E-state index contributed by atoms with van der Waals surface area (Å²) in [6.45, 7) is 8.25. The van der Waals surface area contributed by atoms with E-state index in [9.17, 15) is 0 Å². The summed E-state index contributed by atoms with van der Waals surface area (Å²) >= 11 is 0. The highest BCUT2D eigenvalue weighted by Crippen LogP contribution is 2.13. The number of aryl methyl sites for hydroxylation is 2. The minimum absolute atomic E-state index is 0.713. The Kier molecular flexibility index (Phi) is 3.97. The smallest absolute Gasteiger partial charge is 0.0507 e. The maximum absolute atomic E-state index is 5.36. The molecule has 1 heterocycles. The zero-order chi connectivity index (χ0) is 11.4. The van der Waals surface area contributed by atoms with E-state index in [1.165, 1.54) is 23.1 Å². The van der Waals surface area contributed by atoms with E-state index in [-0.39, 0.29) is 0 Å². The van der Waals surface area contributed by atoms with Crippen LogP contribution in [0.4, 0.5) is 0 Å². The highest BCUT2D eigenvalue weighted by Gasteiger charge is 2.14. The molecule has 1 atom stereocenters. The lowest BCUT2D eigenvalue weighted by Gasteiger charge is -2.11. The van der Waals surface area contributed by atoms with Crippen molar-refractivity contribution < 1.29 is 4.74 Å². The first kappa shape index (κ1) is 11.6. The highest BCUT2D eigenvalue weighted by molar-refractivity contribution is 5.30. The topological polar surface area (TPSA) is 21.3 Å². The second-order valence-corrected chi connectivity index (χ2v) is 4.79. The molecule has 2 rings (SSSR count). The Hall–Kier alpha value is -0.860. The van der Waals surface area contributed by atoms with Crippen LogP contribution in [0.3, 0.4) is 0 Å². The maximum Gasteiger partial charge on any atom is 0.0507 e. The summed E-state index contributed by atoms with van der Waals surface area (Å²) < 4.78 is 5.36. The van der Waals surface area contributed by atoms with E-state index in [1.807, 2.05) is 0 Å². The molecular weight excluding hydrogens is 198 g/mol. The van der Waals surface area contributed by atoms with Gasteiger partial charge in [-0.15, -0.1) is 0 Å². The summed E-state index contributed by atoms with van der Waals surface area (Å²) in [4.78, 5) is 0. The van der Waals surface area contributed by atoms with Crippen LogP contribution in [0.1, 0.15) is 23.1 Å². The molecule has 0 aromatic heterocycles. The lowest BCUT2D eigenvalue weighted by Crippen LogP contribution is -2.23. The van der Waals surface area contributed by atoms with Crippen LogP contribution in [0.25, 0.3) is 0 Å². The quantitative estimate of drug-likeness (QED) is 0.839. The molecule has 1 aliphatic rings. The van der Waals surface area contributed by atoms with E-state index in [1.54, 1.807) is 0 Å². The van der Waals surface area contributed by atoms with E-state index in [4.69, 9.17) is 4.74 Å². The summed E-state index contributed by atoms with van der Waals surface area (Å²) in [7, 11) is 0. The van der Waals surface area contributed by atoms with Crippen molar-refractivity contribution in [1.29, 1.82) is 0 Å². The number of nitrogens with one attached hydrogen (secondary N) is 1. The first-order valence-electron chi connectivity index (χ1n) is 6.10. The van der Waals surface area contributed by atoms with Crippen molar-refractivity contribution in [2.24, 2.45) is 5.92 Å². The van der Waals surface area contributed by atoms with Gasteiger partial charge in [-0.05, 0) is 37.3 Å². The number of benzene rings is 1. The summed E-state index contributed by atoms with van der Waals surface area (Å²) in [5.74, 6) is 0.713. The van der Waals surface area contributed by atoms with E-state index in [2.05, 4.69) is 37.4 Å². The first-order valence-corrected chi connectivity index (χ1v) is 6.10. The van der Waals surface area contributed by atoms with Crippen molar-refractivity contribution in [3.8, 4) is 0 Å². The van der Waals surface area contributed by atoms with Gasteiger partial charge in [0.2, 0.25) is 0 Å². The van der Waals surface area contributed by atoms with Gasteiger partial charge in [0, 0.05) is 19.7 Å². The zero-order valence-electron chi connectivity index (χ0n) is 10.3. The van der Waals surface area contributed by atoms with Crippen LogP contribution in [-0.2, 0) is 11.3 Å². The maximum atomic E-state index is 5.36. The molecule has 1 aromatic carbocycles. The molecule has 0 amide bonds. The van der Waals surface area contributed by atoms with Crippen LogP contribution >= 0.6 is 0 Å². The minimum atomic E-state index is 0.713. The van der Waals surface area contributed by atoms with Gasteiger partial charge in [-0.2, -0.15) is 0 Å². The first-order chi connectivity index (χ1) is 7.75. The monoisotopic (exact) mass is 219 g/mol. The molecule has 88 valence electrons. The van der Waals surface area contributed by atoms with Crippen LogP contribution < -0.4 is 5.32 Å². The normalized spacial score (nSPS) is 20.2. The molecule has 2 heteroatoms. The molecular formula is C14H21NO. The van der Waals surface area contributed by atoms with Crippen molar-refractivity contribution >= 4 is 0 Å². The SMILES string of the molecule is Cc1ccc(C)c(CNCC2CCOC2)c1. The molecule has 1 aliphatic heterocycles. The second-order valence-electron chi connectivity index (χ2n) is 4.79. The molecule has 1 aromatic rings. The fourth-order valence-electron chi connectivity index (χ4n) is 2.15. The average Bonchev–Trinajstić information content (AvgIpc) is 2.76. The van der Waals surface area contributed by atoms with Gasteiger partial charge < -0.3 is 10.1 Å². The Morgan fingerprint density at radius 3 is 3.00 bits per heavy atom. The molecule has 1 fully saturated rings. The van der Waals surface area contributed by atoms with Crippen molar-refractivity contribution in [3.63, 3.8) is 0 Å². The van der Waals surface area contributed by atoms with Gasteiger partial charge in [-0.3, -0.25) is 0 Å². The Balaban J connectivity index is 1.82. The lowest BCUT2D eigenvalue weighted by atomic mass is 10.1. The summed E-state index contributed by atoms with van der Waals surface area (Å²) in [6, 6.07) is 6.64. The van der Waals surface area contributed by atoms with Gasteiger partial charge in [-0.25, -0.2) is 0 Å². The van der Waals surface area contributed by atoms with E-state index >= 15 is 0 Å². The minimum Gasteiger partial charge on any atom is -0.381 e. The highest BCUT2D eigenvalue weighted by atomic mass is 16.5. The van der Waals surface area contributed by atoms with E-state index in [0.717, 1.165) is 26.3 Å². The van der Waals surface area contributed by atoms with E-state index < -0.39 is 0 Å². The largest absolute Gasteiger partial charge is 0.381 e. The molecule has 1 saturated heterocycles. The summed E-state index contributed by atoms with van der Waals surface area (Å²) in [5.41, 5.74) is 4.13. The molecule has 0 spiro atoms. The third-order valence-electron chi connectivity index (χ3n) is 3.28. The Bertz CT molecular complexity index is 343. The van der Waals surface area contributed by atoms with Crippen LogP contribution in [0.15, 0.2) is 18.2 Å². The van der Waals surface area contributed by atoms with Crippen LogP contribution in [0, 0.1) is 19.8 Å². The van der Waals surface area contributed by atoms with Crippen LogP contribution in [-0.4, -0.2) is 19.8 Å². The standard InChI is InChI=1S/C14H21NO/c1-11-3-4-12(2)14(7-11)9-15-8-13-5-6-16-10-13/h3-4,7,13,15H,5-6,8-10H2,1-2H3. The van der Waals surface area contributed by atoms with Crippen molar-refractivity contribution in [2.75, 3.05) is 19.8 Å². The fraction of sp³-hybridized carbons (Fsp3) is 0.571. The van der Waals surface area contributed by atoms with Crippen molar-refractivity contribution in [1.82, 2.24) is 5.32 Å². The summed E-state index contributed by atoms with van der Waals surface area (Å²) in [6.07, 6.45) is 1.21. The number of ether oxygens (including phenoxy) is 1. The van der Waals surface area contributed by atoms with Gasteiger partial charge in [0.15, 0.2) is 0 Å². The van der Waals surface area contributed by atoms with Crippen LogP contribution in [0.5, 0.6) is 0 Å². The van der Waals surface area contributed by atoms with Gasteiger partial charge in [0.05, 0.1) is 6.61 Å². The molecule has 0 saturated carbocycles. The van der Waals surface area contributed by atoms with Gasteiger partial charge in [0.1, 0.15) is 0 Å². The Morgan fingerprint density at radius 1 is 1.38 bits per heavy atom. The average molecular weight is 219 g/mol. The zero-order valence-corrected chi connectivity index (χ0v) is 10.3. The molecule has 0 bridgehead atoms. The molecule has 2 nitrogen and oxygen atoms in total. The van der Waals surface area contributed by atoms with Gasteiger partial charge >= 0.3 is 0 Å². The van der Waals surface area contributed by atoms with E-state index in [0.29, 0.717) is 5.92 Å². The third-order valence-corrected chi connectivity index (χ3v) is 3.28. The molecule has 1 N–H and O–H groups in total. The predicted molar refractivity (Wildman–Crippen MR) is 66.5 cm³/mol. The summed E-state index contributed by atoms with van der Waals surface area (Å²) in [5, 5.41) is 3.53. The lowest BCUT2D eigenvalue weighted by molar-refractivity contribution is 0.185. The second kappa shape index (κ2) is 5.46. The molecule has 0 aliphatic carbocycles. The predicted octanol–water partition coefficient (Wildman–Crippen LogP) is 2.43. The van der Waals surface area contributed by atoms with Gasteiger partial charge in [0.25, 0.3) is 0 Å². The Morgan fingerprint density at radius 2 is 2.25 bits per heavy atom. The van der Waals surface area contributed by atoms with Crippen molar-refractivity contribution in [2.45, 2.75) is 26.8 Å². The molecule has 0 radical (unpaired) electrons. The van der Waals surface area contributed by atoms with Crippen LogP contribution in [0.2, 0.25) is 0 Å². The number of hydrogen-bond acceptors (Lipinski definition) is 2. The van der Waals surface area contributed by atoms with Gasteiger partial charge in [-0.1, -0.05) is 23.8 Å². The fourth-order valence-corrected chi connectivity index (χ4v) is 2.15.